The van der Waals surface area contributed by atoms with Gasteiger partial charge in [0.05, 0.1) is 43.4 Å². The number of aromatic nitrogens is 8. The molecule has 0 aliphatic carbocycles. The fourth-order valence-corrected chi connectivity index (χ4v) is 7.68. The third-order valence-corrected chi connectivity index (χ3v) is 10.9. The molecule has 0 fully saturated rings. The zero-order valence-corrected chi connectivity index (χ0v) is 34.3. The van der Waals surface area contributed by atoms with Gasteiger partial charge in [0.25, 0.3) is 0 Å². The van der Waals surface area contributed by atoms with Gasteiger partial charge in [-0.05, 0) is 123 Å². The number of methoxy groups -OCH3 is 1. The second-order valence-electron chi connectivity index (χ2n) is 15.3. The Kier molecular flexibility index (Phi) is 14.2. The molecule has 0 saturated carbocycles. The topological polar surface area (TPSA) is 215 Å². The summed E-state index contributed by atoms with van der Waals surface area (Å²) in [6, 6.07) is 18.1. The molecule has 0 amide bonds. The number of fused-ring (bicyclic) bond motifs is 2. The maximum atomic E-state index is 11.4. The lowest BCUT2D eigenvalue weighted by Crippen LogP contribution is -2.17. The zero-order valence-electron chi connectivity index (χ0n) is 34.3. The number of carbonyl (C=O) groups is 2. The molecule has 2 aliphatic heterocycles. The summed E-state index contributed by atoms with van der Waals surface area (Å²) in [5.74, 6) is 0.725. The van der Waals surface area contributed by atoms with Gasteiger partial charge in [0.1, 0.15) is 11.6 Å². The van der Waals surface area contributed by atoms with Crippen LogP contribution in [0.15, 0.2) is 90.2 Å². The first-order valence-electron chi connectivity index (χ1n) is 20.9. The van der Waals surface area contributed by atoms with Gasteiger partial charge in [-0.3, -0.25) is 23.7 Å². The molecule has 6 aromatic heterocycles. The van der Waals surface area contributed by atoms with Crippen molar-refractivity contribution in [3.05, 3.63) is 141 Å². The van der Waals surface area contributed by atoms with E-state index >= 15 is 0 Å². The summed E-state index contributed by atoms with van der Waals surface area (Å²) in [5.41, 5.74) is 7.85. The molecule has 0 unspecified atom stereocenters. The molecule has 0 spiro atoms. The molecule has 0 bridgehead atoms. The van der Waals surface area contributed by atoms with Crippen LogP contribution >= 0.6 is 0 Å². The number of H-pyrrole nitrogens is 1. The average Bonchev–Trinajstić information content (AvgIpc) is 3.95. The minimum Gasteiger partial charge on any atom is -0.481 e. The van der Waals surface area contributed by atoms with Gasteiger partial charge >= 0.3 is 11.9 Å². The number of pyridine rings is 4. The van der Waals surface area contributed by atoms with Crippen molar-refractivity contribution in [1.82, 2.24) is 39.5 Å². The summed E-state index contributed by atoms with van der Waals surface area (Å²) >= 11 is 0. The Morgan fingerprint density at radius 1 is 0.689 bits per heavy atom. The van der Waals surface area contributed by atoms with Crippen molar-refractivity contribution >= 4 is 23.6 Å². The second kappa shape index (κ2) is 20.4. The van der Waals surface area contributed by atoms with Gasteiger partial charge in [-0.1, -0.05) is 12.1 Å². The third-order valence-electron chi connectivity index (χ3n) is 10.9. The summed E-state index contributed by atoms with van der Waals surface area (Å²) in [6.07, 6.45) is 16.3. The van der Waals surface area contributed by atoms with Crippen LogP contribution in [0.2, 0.25) is 0 Å². The summed E-state index contributed by atoms with van der Waals surface area (Å²) in [6.45, 7) is 1.97. The van der Waals surface area contributed by atoms with E-state index in [1.165, 1.54) is 17.2 Å². The molecule has 16 heteroatoms. The van der Waals surface area contributed by atoms with E-state index in [9.17, 15) is 24.6 Å². The maximum Gasteiger partial charge on any atom is 0.305 e. The van der Waals surface area contributed by atoms with E-state index in [4.69, 9.17) is 14.7 Å². The van der Waals surface area contributed by atoms with Crippen molar-refractivity contribution in [2.24, 2.45) is 0 Å². The molecule has 0 radical (unpaired) electrons. The molecule has 16 nitrogen and oxygen atoms in total. The predicted molar refractivity (Wildman–Crippen MR) is 229 cm³/mol. The highest BCUT2D eigenvalue weighted by Crippen LogP contribution is 2.25. The molecule has 8 heterocycles. The molecule has 318 valence electrons. The number of carboxylic acid groups (broad SMARTS) is 2. The van der Waals surface area contributed by atoms with Crippen LogP contribution in [-0.2, 0) is 48.1 Å². The highest BCUT2D eigenvalue weighted by atomic mass is 16.5. The Morgan fingerprint density at radius 3 is 1.69 bits per heavy atom. The highest BCUT2D eigenvalue weighted by molar-refractivity contribution is 5.68. The van der Waals surface area contributed by atoms with E-state index in [0.717, 1.165) is 117 Å². The van der Waals surface area contributed by atoms with E-state index in [-0.39, 0.29) is 18.4 Å². The number of rotatable bonds is 17. The van der Waals surface area contributed by atoms with Crippen LogP contribution in [0.25, 0.3) is 0 Å². The lowest BCUT2D eigenvalue weighted by molar-refractivity contribution is -0.138. The van der Waals surface area contributed by atoms with E-state index in [1.807, 2.05) is 24.4 Å². The Morgan fingerprint density at radius 2 is 1.21 bits per heavy atom. The molecule has 2 aliphatic rings. The highest BCUT2D eigenvalue weighted by Gasteiger charge is 2.21. The van der Waals surface area contributed by atoms with Crippen molar-refractivity contribution in [3.63, 3.8) is 0 Å². The fraction of sp³-hybridized carbons (Fsp3) is 0.378. The summed E-state index contributed by atoms with van der Waals surface area (Å²) < 4.78 is 8.47. The number of aromatic amines is 1. The van der Waals surface area contributed by atoms with Crippen LogP contribution in [0.5, 0.6) is 5.88 Å². The second-order valence-corrected chi connectivity index (χ2v) is 15.3. The van der Waals surface area contributed by atoms with Gasteiger partial charge in [-0.2, -0.15) is 10.2 Å². The molecule has 2 atom stereocenters. The number of aliphatic carboxylic acids is 2. The van der Waals surface area contributed by atoms with Crippen LogP contribution in [0.1, 0.15) is 95.6 Å². The van der Waals surface area contributed by atoms with E-state index in [0.29, 0.717) is 11.4 Å². The average molecular weight is 829 g/mol. The van der Waals surface area contributed by atoms with E-state index < -0.39 is 24.0 Å². The molecule has 6 aromatic rings. The molecule has 5 N–H and O–H groups in total. The van der Waals surface area contributed by atoms with Crippen molar-refractivity contribution < 1.29 is 24.5 Å². The lowest BCUT2D eigenvalue weighted by atomic mass is 10.1. The predicted octanol–water partition coefficient (Wildman–Crippen LogP) is 5.84. The van der Waals surface area contributed by atoms with Crippen molar-refractivity contribution in [2.45, 2.75) is 89.1 Å². The normalized spacial score (nSPS) is 13.9. The number of nitrogens with zero attached hydrogens (tertiary/aromatic N) is 7. The minimum atomic E-state index is -0.921. The van der Waals surface area contributed by atoms with Gasteiger partial charge in [0.2, 0.25) is 11.4 Å². The molecule has 0 aromatic carbocycles. The van der Waals surface area contributed by atoms with Crippen molar-refractivity contribution in [3.8, 4) is 5.88 Å². The van der Waals surface area contributed by atoms with Gasteiger partial charge < -0.3 is 30.6 Å². The molecular formula is C45H52N10O6. The number of nitrogens with one attached hydrogen (secondary N) is 3. The first-order valence-corrected chi connectivity index (χ1v) is 20.9. The Labute approximate surface area is 353 Å². The Balaban J connectivity index is 0.000000184. The van der Waals surface area contributed by atoms with Crippen LogP contribution in [-0.4, -0.2) is 81.8 Å². The van der Waals surface area contributed by atoms with Crippen LogP contribution in [0, 0.1) is 0 Å². The van der Waals surface area contributed by atoms with Gasteiger partial charge in [-0.25, -0.2) is 15.0 Å². The third kappa shape index (κ3) is 11.7. The number of carboxylic acids is 2. The van der Waals surface area contributed by atoms with Crippen LogP contribution < -0.4 is 20.9 Å². The monoisotopic (exact) mass is 828 g/mol. The smallest absolute Gasteiger partial charge is 0.305 e. The van der Waals surface area contributed by atoms with Crippen molar-refractivity contribution in [2.75, 3.05) is 30.8 Å². The zero-order chi connectivity index (χ0) is 42.6. The Hall–Kier alpha value is -6.84. The molecule has 8 rings (SSSR count). The fourth-order valence-electron chi connectivity index (χ4n) is 7.68. The van der Waals surface area contributed by atoms with Crippen molar-refractivity contribution in [1.29, 1.82) is 0 Å². The number of hydrogen-bond acceptors (Lipinski definition) is 11. The largest absolute Gasteiger partial charge is 0.481 e. The number of hydrogen-bond donors (Lipinski definition) is 5. The van der Waals surface area contributed by atoms with E-state index in [2.05, 4.69) is 55.1 Å². The molecular weight excluding hydrogens is 777 g/mol. The van der Waals surface area contributed by atoms with E-state index in [1.54, 1.807) is 47.2 Å². The lowest BCUT2D eigenvalue weighted by Gasteiger charge is -2.17. The van der Waals surface area contributed by atoms with Crippen LogP contribution in [0.4, 0.5) is 11.6 Å². The number of aryl methyl sites for hydroxylation is 6. The first kappa shape index (κ1) is 42.3. The first-order chi connectivity index (χ1) is 29.7. The molecule has 0 saturated heterocycles. The number of anilines is 2. The SMILES string of the molecule is COc1ccc([C@H](CC(=O)O)n2ccc(CCCc3ccc4c(n3)NCCC4)n2)cn1.O=C(O)C[C@@H](c1ccc(=O)[nH]c1)n1ccc(CCCc2ccc3c(n2)NCCC3)n1. The van der Waals surface area contributed by atoms with Gasteiger partial charge in [-0.15, -0.1) is 0 Å². The summed E-state index contributed by atoms with van der Waals surface area (Å²) in [5, 5.41) is 34.6. The van der Waals surface area contributed by atoms with Crippen LogP contribution in [0.3, 0.4) is 0 Å². The quantitative estimate of drug-likeness (QED) is 0.0731. The standard InChI is InChI=1S/C23H27N5O3.C22H25N5O3/c1-31-21-10-8-17(15-25-21)20(14-22(29)30)28-13-11-19(27-28)6-2-5-18-9-7-16-4-3-12-24-23(16)26-18;28-20-9-7-16(14-24-20)19(13-21(29)30)27-12-10-18(26-27)5-1-4-17-8-6-15-3-2-11-23-22(15)25-17/h7-11,13,15,20H,2-6,12,14H2,1H3,(H,24,26)(H,29,30);6-10,12,14,19H,1-5,11,13H2,(H,23,25)(H,24,28)(H,29,30)/t20-;19-/m00/s1. The minimum absolute atomic E-state index is 0.0683. The maximum absolute atomic E-state index is 11.4. The Bertz CT molecular complexity index is 2440. The van der Waals surface area contributed by atoms with Gasteiger partial charge in [0, 0.05) is 61.4 Å². The summed E-state index contributed by atoms with van der Waals surface area (Å²) in [4.78, 5) is 50.4. The summed E-state index contributed by atoms with van der Waals surface area (Å²) in [7, 11) is 1.55. The van der Waals surface area contributed by atoms with Gasteiger partial charge in [0.15, 0.2) is 0 Å². The molecule has 61 heavy (non-hydrogen) atoms. The number of ether oxygens (including phenoxy) is 1.